The van der Waals surface area contributed by atoms with Gasteiger partial charge in [0.25, 0.3) is 0 Å². The largest absolute Gasteiger partial charge is 0.418 e. The smallest absolute Gasteiger partial charge is 0.360 e. The number of rotatable bonds is 5. The van der Waals surface area contributed by atoms with E-state index in [2.05, 4.69) is 10.5 Å². The van der Waals surface area contributed by atoms with Gasteiger partial charge in [0, 0.05) is 21.9 Å². The summed E-state index contributed by atoms with van der Waals surface area (Å²) in [6.45, 7) is 3.04. The second-order valence-electron chi connectivity index (χ2n) is 5.28. The number of anilines is 1. The number of nitrogens with zero attached hydrogens (tertiary/aromatic N) is 1. The predicted octanol–water partition coefficient (Wildman–Crippen LogP) is 3.93. The fourth-order valence-electron chi connectivity index (χ4n) is 1.96. The highest BCUT2D eigenvalue weighted by Crippen LogP contribution is 2.36. The number of nitrogens with one attached hydrogen (secondary N) is 1. The van der Waals surface area contributed by atoms with Crippen molar-refractivity contribution in [3.8, 4) is 0 Å². The van der Waals surface area contributed by atoms with Crippen LogP contribution in [0, 0.1) is 6.92 Å². The van der Waals surface area contributed by atoms with Crippen molar-refractivity contribution in [3.63, 3.8) is 0 Å². The Balaban J connectivity index is 2.12. The van der Waals surface area contributed by atoms with Gasteiger partial charge in [-0.15, -0.1) is 0 Å². The lowest BCUT2D eigenvalue weighted by Gasteiger charge is -2.16. The molecule has 25 heavy (non-hydrogen) atoms. The third-order valence-corrected chi connectivity index (χ3v) is 5.08. The highest BCUT2D eigenvalue weighted by Gasteiger charge is 2.35. The Bertz CT molecular complexity index is 808. The molecule has 0 bridgehead atoms. The first-order valence-electron chi connectivity index (χ1n) is 7.05. The summed E-state index contributed by atoms with van der Waals surface area (Å²) in [5.41, 5.74) is -0.918. The van der Waals surface area contributed by atoms with Crippen LogP contribution in [0.5, 0.6) is 0 Å². The van der Waals surface area contributed by atoms with Gasteiger partial charge in [-0.1, -0.05) is 16.8 Å². The van der Waals surface area contributed by atoms with Gasteiger partial charge < -0.3 is 9.84 Å². The van der Waals surface area contributed by atoms with Gasteiger partial charge in [0.05, 0.1) is 22.7 Å². The van der Waals surface area contributed by atoms with Gasteiger partial charge >= 0.3 is 6.18 Å². The fraction of sp³-hybridized carbons (Fsp3) is 0.333. The van der Waals surface area contributed by atoms with E-state index in [1.54, 1.807) is 13.0 Å². The average Bonchev–Trinajstić information content (AvgIpc) is 2.92. The zero-order valence-electron chi connectivity index (χ0n) is 13.2. The molecular weight excluding hydrogens is 381 g/mol. The summed E-state index contributed by atoms with van der Waals surface area (Å²) in [6.07, 6.45) is -4.69. The van der Waals surface area contributed by atoms with E-state index in [0.29, 0.717) is 11.5 Å². The van der Waals surface area contributed by atoms with Crippen LogP contribution in [-0.4, -0.2) is 20.5 Å². The van der Waals surface area contributed by atoms with E-state index in [-0.39, 0.29) is 10.8 Å². The lowest BCUT2D eigenvalue weighted by molar-refractivity contribution is -0.137. The number of amides is 1. The van der Waals surface area contributed by atoms with E-state index >= 15 is 0 Å². The van der Waals surface area contributed by atoms with Crippen molar-refractivity contribution in [3.05, 3.63) is 46.3 Å². The Kier molecular flexibility index (Phi) is 5.89. The molecule has 0 saturated carbocycles. The molecule has 2 atom stereocenters. The van der Waals surface area contributed by atoms with Gasteiger partial charge in [0.15, 0.2) is 0 Å². The molecule has 0 aliphatic carbocycles. The molecule has 5 nitrogen and oxygen atoms in total. The zero-order valence-corrected chi connectivity index (χ0v) is 14.8. The van der Waals surface area contributed by atoms with Crippen molar-refractivity contribution in [2.45, 2.75) is 31.0 Å². The molecule has 1 aromatic carbocycles. The van der Waals surface area contributed by atoms with Crippen LogP contribution in [0.25, 0.3) is 0 Å². The highest BCUT2D eigenvalue weighted by molar-refractivity contribution is 7.85. The van der Waals surface area contributed by atoms with Crippen molar-refractivity contribution in [2.24, 2.45) is 0 Å². The minimum Gasteiger partial charge on any atom is -0.360 e. The Hall–Kier alpha value is -1.87. The number of carbonyl (C=O) groups is 1. The Morgan fingerprint density at radius 1 is 1.40 bits per heavy atom. The summed E-state index contributed by atoms with van der Waals surface area (Å²) in [5.74, 6) is -0.539. The van der Waals surface area contributed by atoms with Crippen molar-refractivity contribution < 1.29 is 26.7 Å². The summed E-state index contributed by atoms with van der Waals surface area (Å²) in [5, 5.41) is 4.64. The number of hydrogen-bond acceptors (Lipinski definition) is 4. The minimum atomic E-state index is -4.69. The molecule has 0 saturated heterocycles. The summed E-state index contributed by atoms with van der Waals surface area (Å²) in [4.78, 5) is 12.2. The summed E-state index contributed by atoms with van der Waals surface area (Å²) in [6, 6.07) is 4.57. The highest BCUT2D eigenvalue weighted by atomic mass is 35.5. The molecule has 2 aromatic rings. The van der Waals surface area contributed by atoms with Gasteiger partial charge in [-0.05, 0) is 32.0 Å². The molecule has 136 valence electrons. The van der Waals surface area contributed by atoms with E-state index < -0.39 is 39.4 Å². The van der Waals surface area contributed by atoms with E-state index in [1.807, 2.05) is 0 Å². The quantitative estimate of drug-likeness (QED) is 0.834. The topological polar surface area (TPSA) is 72.2 Å². The van der Waals surface area contributed by atoms with Gasteiger partial charge in [-0.2, -0.15) is 13.2 Å². The number of benzene rings is 1. The Labute approximate surface area is 149 Å². The van der Waals surface area contributed by atoms with Gasteiger partial charge in [0.2, 0.25) is 5.91 Å². The van der Waals surface area contributed by atoms with E-state index in [4.69, 9.17) is 16.1 Å². The van der Waals surface area contributed by atoms with Crippen LogP contribution in [0.2, 0.25) is 5.02 Å². The van der Waals surface area contributed by atoms with Gasteiger partial charge in [-0.3, -0.25) is 9.00 Å². The second kappa shape index (κ2) is 7.57. The van der Waals surface area contributed by atoms with Crippen LogP contribution >= 0.6 is 11.6 Å². The third-order valence-electron chi connectivity index (χ3n) is 3.27. The van der Waals surface area contributed by atoms with Crippen molar-refractivity contribution in [1.29, 1.82) is 0 Å². The minimum absolute atomic E-state index is 0.0673. The summed E-state index contributed by atoms with van der Waals surface area (Å²) < 4.78 is 56.2. The molecule has 0 spiro atoms. The molecule has 1 amide bonds. The van der Waals surface area contributed by atoms with Crippen LogP contribution in [0.4, 0.5) is 18.9 Å². The van der Waals surface area contributed by atoms with Crippen LogP contribution in [-0.2, 0) is 27.5 Å². The van der Waals surface area contributed by atoms with E-state index in [1.165, 1.54) is 13.0 Å². The number of alkyl halides is 3. The first-order chi connectivity index (χ1) is 11.6. The van der Waals surface area contributed by atoms with Crippen LogP contribution in [0.15, 0.2) is 28.8 Å². The zero-order chi connectivity index (χ0) is 18.8. The molecule has 10 heteroatoms. The standard InChI is InChI=1S/C15H14ClF3N2O3S/c1-8-5-11(24-21-8)7-25(23)9(2)14(22)20-13-4-3-10(16)6-12(13)15(17,18)19/h3-6,9H,7H2,1-2H3,(H,20,22). The number of aryl methyl sites for hydroxylation is 1. The van der Waals surface area contributed by atoms with Crippen molar-refractivity contribution >= 4 is 34.0 Å². The molecule has 0 radical (unpaired) electrons. The molecule has 0 aliphatic rings. The first kappa shape index (κ1) is 19.5. The molecule has 0 fully saturated rings. The fourth-order valence-corrected chi connectivity index (χ4v) is 3.10. The molecular formula is C15H14ClF3N2O3S. The lowest BCUT2D eigenvalue weighted by Crippen LogP contribution is -2.30. The molecule has 1 N–H and O–H groups in total. The summed E-state index contributed by atoms with van der Waals surface area (Å²) >= 11 is 5.59. The van der Waals surface area contributed by atoms with Crippen LogP contribution in [0.3, 0.4) is 0 Å². The number of aromatic nitrogens is 1. The maximum Gasteiger partial charge on any atom is 0.418 e. The van der Waals surface area contributed by atoms with Crippen LogP contribution < -0.4 is 5.32 Å². The van der Waals surface area contributed by atoms with E-state index in [0.717, 1.165) is 12.1 Å². The van der Waals surface area contributed by atoms with Gasteiger partial charge in [0.1, 0.15) is 11.0 Å². The van der Waals surface area contributed by atoms with E-state index in [9.17, 15) is 22.2 Å². The molecule has 2 unspecified atom stereocenters. The monoisotopic (exact) mass is 394 g/mol. The third kappa shape index (κ3) is 5.05. The number of carbonyl (C=O) groups excluding carboxylic acids is 1. The molecule has 2 rings (SSSR count). The normalized spacial score (nSPS) is 14.2. The predicted molar refractivity (Wildman–Crippen MR) is 87.6 cm³/mol. The maximum absolute atomic E-state index is 13.0. The summed E-state index contributed by atoms with van der Waals surface area (Å²) in [7, 11) is -1.69. The SMILES string of the molecule is Cc1cc(CS(=O)C(C)C(=O)Nc2ccc(Cl)cc2C(F)(F)F)on1. The maximum atomic E-state index is 13.0. The average molecular weight is 395 g/mol. The molecule has 1 aromatic heterocycles. The van der Waals surface area contributed by atoms with Gasteiger partial charge in [-0.25, -0.2) is 0 Å². The number of halogens is 4. The second-order valence-corrected chi connectivity index (χ2v) is 7.47. The number of hydrogen-bond donors (Lipinski definition) is 1. The lowest BCUT2D eigenvalue weighted by atomic mass is 10.1. The van der Waals surface area contributed by atoms with Crippen molar-refractivity contribution in [2.75, 3.05) is 5.32 Å². The van der Waals surface area contributed by atoms with Crippen LogP contribution in [0.1, 0.15) is 23.9 Å². The molecule has 0 aliphatic heterocycles. The Morgan fingerprint density at radius 3 is 2.64 bits per heavy atom. The first-order valence-corrected chi connectivity index (χ1v) is 8.81. The molecule has 1 heterocycles. The Morgan fingerprint density at radius 2 is 2.08 bits per heavy atom. The van der Waals surface area contributed by atoms with Crippen molar-refractivity contribution in [1.82, 2.24) is 5.16 Å².